The molecule has 2 N–H and O–H groups in total. The topological polar surface area (TPSA) is 82.1 Å². The first-order valence-electron chi connectivity index (χ1n) is 9.69. The standard InChI is InChI=1S/C20H27N3O4/c24-18(21-16-4-2-1-3-5-16)12-22-10-15-11-23(17-6-8-27-9-7-17)14-20(15,13-22)19(25)26/h1-5,15,17H,6-14H2,(H,21,24)(H,25,26)/t15-,20-/m0/s1. The van der Waals surface area contributed by atoms with Gasteiger partial charge in [-0.1, -0.05) is 18.2 Å². The lowest BCUT2D eigenvalue weighted by atomic mass is 9.81. The van der Waals surface area contributed by atoms with E-state index in [1.165, 1.54) is 0 Å². The van der Waals surface area contributed by atoms with E-state index in [0.29, 0.717) is 25.7 Å². The average molecular weight is 373 g/mol. The molecular weight excluding hydrogens is 346 g/mol. The lowest BCUT2D eigenvalue weighted by Gasteiger charge is -2.33. The number of carboxylic acid groups (broad SMARTS) is 1. The maximum Gasteiger partial charge on any atom is 0.312 e. The van der Waals surface area contributed by atoms with Crippen LogP contribution in [-0.4, -0.2) is 78.8 Å². The Bertz CT molecular complexity index is 692. The van der Waals surface area contributed by atoms with Crippen LogP contribution in [0.2, 0.25) is 0 Å². The second-order valence-corrected chi connectivity index (χ2v) is 8.02. The number of benzene rings is 1. The number of carbonyl (C=O) groups excluding carboxylic acids is 1. The number of ether oxygens (including phenoxy) is 1. The molecule has 0 spiro atoms. The van der Waals surface area contributed by atoms with Crippen LogP contribution in [0, 0.1) is 11.3 Å². The monoisotopic (exact) mass is 373 g/mol. The van der Waals surface area contributed by atoms with Gasteiger partial charge in [-0.15, -0.1) is 0 Å². The maximum absolute atomic E-state index is 12.3. The highest BCUT2D eigenvalue weighted by Crippen LogP contribution is 2.44. The van der Waals surface area contributed by atoms with Crippen LogP contribution in [0.3, 0.4) is 0 Å². The molecular formula is C20H27N3O4. The first-order valence-corrected chi connectivity index (χ1v) is 9.69. The van der Waals surface area contributed by atoms with Gasteiger partial charge in [-0.2, -0.15) is 0 Å². The van der Waals surface area contributed by atoms with Crippen molar-refractivity contribution in [2.45, 2.75) is 18.9 Å². The fourth-order valence-corrected chi connectivity index (χ4v) is 4.88. The van der Waals surface area contributed by atoms with Gasteiger partial charge in [0.2, 0.25) is 5.91 Å². The van der Waals surface area contributed by atoms with Gasteiger partial charge in [0.15, 0.2) is 0 Å². The zero-order chi connectivity index (χ0) is 18.9. The quantitative estimate of drug-likeness (QED) is 0.805. The molecule has 3 aliphatic heterocycles. The summed E-state index contributed by atoms with van der Waals surface area (Å²) in [7, 11) is 0. The number of amides is 1. The zero-order valence-electron chi connectivity index (χ0n) is 15.5. The number of likely N-dealkylation sites (tertiary alicyclic amines) is 2. The van der Waals surface area contributed by atoms with E-state index < -0.39 is 11.4 Å². The smallest absolute Gasteiger partial charge is 0.312 e. The Morgan fingerprint density at radius 2 is 1.89 bits per heavy atom. The minimum Gasteiger partial charge on any atom is -0.481 e. The summed E-state index contributed by atoms with van der Waals surface area (Å²) in [6, 6.07) is 9.77. The molecule has 146 valence electrons. The summed E-state index contributed by atoms with van der Waals surface area (Å²) < 4.78 is 5.44. The zero-order valence-corrected chi connectivity index (χ0v) is 15.5. The molecule has 2 atom stereocenters. The van der Waals surface area contributed by atoms with Crippen molar-refractivity contribution < 1.29 is 19.4 Å². The molecule has 0 bridgehead atoms. The molecule has 27 heavy (non-hydrogen) atoms. The van der Waals surface area contributed by atoms with Crippen molar-refractivity contribution in [3.63, 3.8) is 0 Å². The van der Waals surface area contributed by atoms with Gasteiger partial charge in [-0.3, -0.25) is 19.4 Å². The third-order valence-corrected chi connectivity index (χ3v) is 6.26. The molecule has 0 unspecified atom stereocenters. The Balaban J connectivity index is 1.38. The Morgan fingerprint density at radius 1 is 1.15 bits per heavy atom. The molecule has 0 radical (unpaired) electrons. The van der Waals surface area contributed by atoms with E-state index in [1.807, 2.05) is 35.2 Å². The molecule has 1 aromatic rings. The first kappa shape index (κ1) is 18.4. The van der Waals surface area contributed by atoms with Gasteiger partial charge in [0, 0.05) is 57.0 Å². The van der Waals surface area contributed by atoms with Gasteiger partial charge < -0.3 is 15.2 Å². The molecule has 3 heterocycles. The lowest BCUT2D eigenvalue weighted by Crippen LogP contribution is -2.45. The number of rotatable bonds is 5. The van der Waals surface area contributed by atoms with E-state index in [1.54, 1.807) is 0 Å². The molecule has 4 rings (SSSR count). The highest BCUT2D eigenvalue weighted by Gasteiger charge is 2.58. The molecule has 3 saturated heterocycles. The molecule has 7 nitrogen and oxygen atoms in total. The Kier molecular flexibility index (Phi) is 5.16. The minimum atomic E-state index is -0.759. The van der Waals surface area contributed by atoms with E-state index in [0.717, 1.165) is 38.3 Å². The summed E-state index contributed by atoms with van der Waals surface area (Å²) >= 11 is 0. The number of fused-ring (bicyclic) bond motifs is 1. The SMILES string of the molecule is O=C(CN1C[C@H]2CN(C3CCOCC3)C[C@@]2(C(=O)O)C1)Nc1ccccc1. The fraction of sp³-hybridized carbons (Fsp3) is 0.600. The van der Waals surface area contributed by atoms with Crippen molar-refractivity contribution in [1.29, 1.82) is 0 Å². The Morgan fingerprint density at radius 3 is 2.56 bits per heavy atom. The van der Waals surface area contributed by atoms with Crippen molar-refractivity contribution >= 4 is 17.6 Å². The lowest BCUT2D eigenvalue weighted by molar-refractivity contribution is -0.149. The number of hydrogen-bond acceptors (Lipinski definition) is 5. The van der Waals surface area contributed by atoms with Crippen molar-refractivity contribution in [3.05, 3.63) is 30.3 Å². The van der Waals surface area contributed by atoms with E-state index in [4.69, 9.17) is 4.74 Å². The van der Waals surface area contributed by atoms with Gasteiger partial charge in [0.1, 0.15) is 0 Å². The Hall–Kier alpha value is -1.96. The van der Waals surface area contributed by atoms with E-state index in [2.05, 4.69) is 10.2 Å². The highest BCUT2D eigenvalue weighted by molar-refractivity contribution is 5.92. The average Bonchev–Trinajstić information content (AvgIpc) is 3.18. The van der Waals surface area contributed by atoms with Crippen LogP contribution in [0.1, 0.15) is 12.8 Å². The van der Waals surface area contributed by atoms with Crippen molar-refractivity contribution in [1.82, 2.24) is 9.80 Å². The molecule has 3 aliphatic rings. The molecule has 0 aliphatic carbocycles. The third kappa shape index (κ3) is 3.72. The van der Waals surface area contributed by atoms with E-state index >= 15 is 0 Å². The number of aliphatic carboxylic acids is 1. The van der Waals surface area contributed by atoms with Crippen molar-refractivity contribution in [3.8, 4) is 0 Å². The van der Waals surface area contributed by atoms with E-state index in [9.17, 15) is 14.7 Å². The second-order valence-electron chi connectivity index (χ2n) is 8.02. The Labute approximate surface area is 159 Å². The molecule has 1 amide bonds. The number of nitrogens with zero attached hydrogens (tertiary/aromatic N) is 2. The third-order valence-electron chi connectivity index (χ3n) is 6.26. The second kappa shape index (κ2) is 7.58. The number of nitrogens with one attached hydrogen (secondary N) is 1. The van der Waals surface area contributed by atoms with Crippen LogP contribution in [0.15, 0.2) is 30.3 Å². The van der Waals surface area contributed by atoms with Crippen molar-refractivity contribution in [2.75, 3.05) is 51.3 Å². The summed E-state index contributed by atoms with van der Waals surface area (Å²) in [5.74, 6) is -0.751. The predicted molar refractivity (Wildman–Crippen MR) is 100 cm³/mol. The predicted octanol–water partition coefficient (Wildman–Crippen LogP) is 1.12. The van der Waals surface area contributed by atoms with Gasteiger partial charge in [0.25, 0.3) is 0 Å². The molecule has 1 aromatic carbocycles. The normalized spacial score (nSPS) is 29.6. The molecule has 0 saturated carbocycles. The van der Waals surface area contributed by atoms with Crippen molar-refractivity contribution in [2.24, 2.45) is 11.3 Å². The summed E-state index contributed by atoms with van der Waals surface area (Å²) in [4.78, 5) is 28.9. The number of anilines is 1. The summed E-state index contributed by atoms with van der Waals surface area (Å²) in [6.07, 6.45) is 1.96. The molecule has 0 aromatic heterocycles. The number of carboxylic acids is 1. The van der Waals surface area contributed by atoms with Gasteiger partial charge in [-0.25, -0.2) is 0 Å². The number of para-hydroxylation sites is 1. The van der Waals surface area contributed by atoms with Crippen LogP contribution in [0.25, 0.3) is 0 Å². The van der Waals surface area contributed by atoms with Crippen LogP contribution in [-0.2, 0) is 14.3 Å². The van der Waals surface area contributed by atoms with E-state index in [-0.39, 0.29) is 18.4 Å². The molecule has 7 heteroatoms. The van der Waals surface area contributed by atoms with Crippen LogP contribution in [0.4, 0.5) is 5.69 Å². The van der Waals surface area contributed by atoms with Crippen LogP contribution < -0.4 is 5.32 Å². The van der Waals surface area contributed by atoms with Crippen LogP contribution >= 0.6 is 0 Å². The fourth-order valence-electron chi connectivity index (χ4n) is 4.88. The number of carbonyl (C=O) groups is 2. The maximum atomic E-state index is 12.3. The highest BCUT2D eigenvalue weighted by atomic mass is 16.5. The summed E-state index contributed by atoms with van der Waals surface area (Å²) in [5, 5.41) is 12.9. The largest absolute Gasteiger partial charge is 0.481 e. The van der Waals surface area contributed by atoms with Gasteiger partial charge in [-0.05, 0) is 25.0 Å². The molecule has 3 fully saturated rings. The van der Waals surface area contributed by atoms with Gasteiger partial charge >= 0.3 is 5.97 Å². The minimum absolute atomic E-state index is 0.0716. The van der Waals surface area contributed by atoms with Gasteiger partial charge in [0.05, 0.1) is 12.0 Å². The summed E-state index contributed by atoms with van der Waals surface area (Å²) in [6.45, 7) is 4.23. The first-order chi connectivity index (χ1) is 13.1. The summed E-state index contributed by atoms with van der Waals surface area (Å²) in [5.41, 5.74) is 0.00578. The van der Waals surface area contributed by atoms with Crippen LogP contribution in [0.5, 0.6) is 0 Å². The number of hydrogen-bond donors (Lipinski definition) is 2.